The van der Waals surface area contributed by atoms with Crippen molar-refractivity contribution in [2.24, 2.45) is 11.3 Å². The summed E-state index contributed by atoms with van der Waals surface area (Å²) < 4.78 is 0. The first-order chi connectivity index (χ1) is 9.64. The van der Waals surface area contributed by atoms with E-state index in [9.17, 15) is 15.0 Å². The van der Waals surface area contributed by atoms with Crippen molar-refractivity contribution >= 4 is 6.09 Å². The second kappa shape index (κ2) is 4.93. The highest BCUT2D eigenvalue weighted by Gasteiger charge is 2.56. The third kappa shape index (κ3) is 2.08. The quantitative estimate of drug-likeness (QED) is 0.826. The van der Waals surface area contributed by atoms with E-state index in [-0.39, 0.29) is 17.1 Å². The molecule has 0 aromatic heterocycles. The van der Waals surface area contributed by atoms with Crippen LogP contribution in [-0.2, 0) is 12.0 Å². The lowest BCUT2D eigenvalue weighted by Gasteiger charge is -2.57. The molecule has 116 valence electrons. The van der Waals surface area contributed by atoms with Crippen LogP contribution in [0.4, 0.5) is 4.79 Å². The first kappa shape index (κ1) is 15.7. The molecule has 4 nitrogen and oxygen atoms in total. The first-order valence-electron chi connectivity index (χ1n) is 7.46. The summed E-state index contributed by atoms with van der Waals surface area (Å²) in [5.74, 6) is 0.239. The van der Waals surface area contributed by atoms with Gasteiger partial charge in [0, 0.05) is 12.1 Å². The average Bonchev–Trinajstić information content (AvgIpc) is 2.35. The van der Waals surface area contributed by atoms with Crippen LogP contribution >= 0.6 is 0 Å². The molecule has 1 heterocycles. The molecule has 1 amide bonds. The van der Waals surface area contributed by atoms with Crippen LogP contribution in [-0.4, -0.2) is 27.8 Å². The smallest absolute Gasteiger partial charge is 0.408 e. The molecule has 0 aliphatic carbocycles. The topological polar surface area (TPSA) is 60.8 Å². The Balaban J connectivity index is 2.87. The molecule has 2 N–H and O–H groups in total. The van der Waals surface area contributed by atoms with Crippen molar-refractivity contribution in [3.05, 3.63) is 29.3 Å². The van der Waals surface area contributed by atoms with Crippen LogP contribution in [0, 0.1) is 11.3 Å². The number of carboxylic acid groups (broad SMARTS) is 1. The number of fused-ring (bicyclic) bond motifs is 1. The van der Waals surface area contributed by atoms with E-state index in [1.54, 1.807) is 6.07 Å². The van der Waals surface area contributed by atoms with Gasteiger partial charge in [-0.15, -0.1) is 0 Å². The standard InChI is InChI=1S/C17H25NO3/c1-11(2)17(16(3,4)5)14-12(7-6-8-13(14)19)9-10-18(17)15(20)21/h6-8,11,19H,9-10H2,1-5H3,(H,20,21)/t17-/m1/s1. The van der Waals surface area contributed by atoms with Gasteiger partial charge in [0.15, 0.2) is 0 Å². The molecule has 0 radical (unpaired) electrons. The third-order valence-corrected chi connectivity index (χ3v) is 4.75. The molecule has 1 aromatic rings. The van der Waals surface area contributed by atoms with E-state index in [0.29, 0.717) is 13.0 Å². The molecular weight excluding hydrogens is 266 g/mol. The van der Waals surface area contributed by atoms with Crippen molar-refractivity contribution < 1.29 is 15.0 Å². The van der Waals surface area contributed by atoms with Gasteiger partial charge in [0.05, 0.1) is 5.54 Å². The zero-order valence-electron chi connectivity index (χ0n) is 13.5. The fourth-order valence-electron chi connectivity index (χ4n) is 4.27. The van der Waals surface area contributed by atoms with Gasteiger partial charge >= 0.3 is 6.09 Å². The molecule has 0 saturated heterocycles. The summed E-state index contributed by atoms with van der Waals surface area (Å²) in [4.78, 5) is 13.4. The highest BCUT2D eigenvalue weighted by molar-refractivity contribution is 5.69. The molecule has 0 bridgehead atoms. The summed E-state index contributed by atoms with van der Waals surface area (Å²) in [5, 5.41) is 20.2. The molecule has 1 aliphatic heterocycles. The van der Waals surface area contributed by atoms with Crippen LogP contribution in [0.3, 0.4) is 0 Å². The number of hydrogen-bond donors (Lipinski definition) is 2. The van der Waals surface area contributed by atoms with Crippen molar-refractivity contribution in [2.75, 3.05) is 6.54 Å². The van der Waals surface area contributed by atoms with Crippen LogP contribution in [0.15, 0.2) is 18.2 Å². The van der Waals surface area contributed by atoms with E-state index in [1.807, 2.05) is 46.8 Å². The maximum atomic E-state index is 11.9. The van der Waals surface area contributed by atoms with Gasteiger partial charge in [-0.05, 0) is 29.4 Å². The van der Waals surface area contributed by atoms with Crippen molar-refractivity contribution in [3.8, 4) is 5.75 Å². The predicted octanol–water partition coefficient (Wildman–Crippen LogP) is 3.83. The molecule has 0 saturated carbocycles. The lowest BCUT2D eigenvalue weighted by molar-refractivity contribution is -0.0454. The second-order valence-electron chi connectivity index (χ2n) is 7.17. The maximum Gasteiger partial charge on any atom is 0.408 e. The van der Waals surface area contributed by atoms with E-state index >= 15 is 0 Å². The predicted molar refractivity (Wildman–Crippen MR) is 82.5 cm³/mol. The minimum atomic E-state index is -0.924. The minimum absolute atomic E-state index is 0.0425. The Hall–Kier alpha value is -1.71. The van der Waals surface area contributed by atoms with E-state index < -0.39 is 11.6 Å². The Labute approximate surface area is 126 Å². The SMILES string of the molecule is CC(C)[C@]1(C(C)(C)C)c2c(O)cccc2CCN1C(=O)O. The molecule has 21 heavy (non-hydrogen) atoms. The third-order valence-electron chi connectivity index (χ3n) is 4.75. The van der Waals surface area contributed by atoms with Gasteiger partial charge in [0.2, 0.25) is 0 Å². The average molecular weight is 291 g/mol. The number of phenols is 1. The van der Waals surface area contributed by atoms with Crippen molar-refractivity contribution in [3.63, 3.8) is 0 Å². The van der Waals surface area contributed by atoms with E-state index in [2.05, 4.69) is 0 Å². The molecule has 4 heteroatoms. The van der Waals surface area contributed by atoms with Gasteiger partial charge in [-0.3, -0.25) is 4.90 Å². The van der Waals surface area contributed by atoms with Crippen LogP contribution in [0.2, 0.25) is 0 Å². The van der Waals surface area contributed by atoms with Crippen LogP contribution in [0.25, 0.3) is 0 Å². The Kier molecular flexibility index (Phi) is 3.68. The largest absolute Gasteiger partial charge is 0.508 e. The zero-order chi connectivity index (χ0) is 16.0. The second-order valence-corrected chi connectivity index (χ2v) is 7.17. The van der Waals surface area contributed by atoms with Gasteiger partial charge < -0.3 is 10.2 Å². The molecule has 0 unspecified atom stereocenters. The molecule has 1 aromatic carbocycles. The summed E-state index contributed by atoms with van der Waals surface area (Å²) in [6.45, 7) is 10.7. The van der Waals surface area contributed by atoms with Crippen molar-refractivity contribution in [2.45, 2.75) is 46.6 Å². The molecular formula is C17H25NO3. The highest BCUT2D eigenvalue weighted by atomic mass is 16.4. The number of hydrogen-bond acceptors (Lipinski definition) is 2. The Bertz CT molecular complexity index is 560. The normalized spacial score (nSPS) is 22.3. The van der Waals surface area contributed by atoms with Crippen molar-refractivity contribution in [1.82, 2.24) is 4.90 Å². The molecule has 2 rings (SSSR count). The van der Waals surface area contributed by atoms with Crippen LogP contribution < -0.4 is 0 Å². The summed E-state index contributed by atoms with van der Waals surface area (Å²) in [7, 11) is 0. The van der Waals surface area contributed by atoms with Gasteiger partial charge in [-0.25, -0.2) is 4.79 Å². The summed E-state index contributed by atoms with van der Waals surface area (Å²) >= 11 is 0. The fourth-order valence-corrected chi connectivity index (χ4v) is 4.27. The van der Waals surface area contributed by atoms with E-state index in [1.165, 1.54) is 4.90 Å². The highest BCUT2D eigenvalue weighted by Crippen LogP contribution is 2.55. The molecule has 1 aliphatic rings. The Morgan fingerprint density at radius 2 is 1.95 bits per heavy atom. The summed E-state index contributed by atoms with van der Waals surface area (Å²) in [5.41, 5.74) is 0.753. The van der Waals surface area contributed by atoms with E-state index in [0.717, 1.165) is 11.1 Å². The first-order valence-corrected chi connectivity index (χ1v) is 7.46. The fraction of sp³-hybridized carbons (Fsp3) is 0.588. The van der Waals surface area contributed by atoms with Gasteiger partial charge in [0.1, 0.15) is 5.75 Å². The lowest BCUT2D eigenvalue weighted by atomic mass is 9.59. The molecule has 0 spiro atoms. The number of benzene rings is 1. The maximum absolute atomic E-state index is 11.9. The molecule has 1 atom stereocenters. The number of carbonyl (C=O) groups is 1. The van der Waals surface area contributed by atoms with Crippen LogP contribution in [0.1, 0.15) is 45.7 Å². The summed E-state index contributed by atoms with van der Waals surface area (Å²) in [6.07, 6.45) is -0.284. The number of rotatable bonds is 1. The van der Waals surface area contributed by atoms with Gasteiger partial charge in [-0.1, -0.05) is 46.8 Å². The van der Waals surface area contributed by atoms with E-state index in [4.69, 9.17) is 0 Å². The summed E-state index contributed by atoms with van der Waals surface area (Å²) in [6, 6.07) is 5.49. The van der Waals surface area contributed by atoms with Crippen LogP contribution in [0.5, 0.6) is 5.75 Å². The Morgan fingerprint density at radius 1 is 1.33 bits per heavy atom. The zero-order valence-corrected chi connectivity index (χ0v) is 13.5. The van der Waals surface area contributed by atoms with Gasteiger partial charge in [-0.2, -0.15) is 0 Å². The number of aromatic hydroxyl groups is 1. The number of nitrogens with zero attached hydrogens (tertiary/aromatic N) is 1. The number of amides is 1. The lowest BCUT2D eigenvalue weighted by Crippen LogP contribution is -2.62. The number of phenolic OH excluding ortho intramolecular Hbond substituents is 1. The minimum Gasteiger partial charge on any atom is -0.508 e. The van der Waals surface area contributed by atoms with Crippen molar-refractivity contribution in [1.29, 1.82) is 0 Å². The Morgan fingerprint density at radius 3 is 2.43 bits per heavy atom. The molecule has 0 fully saturated rings. The van der Waals surface area contributed by atoms with Gasteiger partial charge in [0.25, 0.3) is 0 Å². The monoisotopic (exact) mass is 291 g/mol.